The number of benzene rings is 7. The highest BCUT2D eigenvalue weighted by atomic mass is 32.1. The van der Waals surface area contributed by atoms with E-state index >= 15 is 0 Å². The van der Waals surface area contributed by atoms with Crippen molar-refractivity contribution in [2.45, 2.75) is 5.92 Å². The lowest BCUT2D eigenvalue weighted by molar-refractivity contribution is 0.661. The number of thiophene rings is 1. The first-order valence-corrected chi connectivity index (χ1v) is 18.0. The third kappa shape index (κ3) is 4.35. The van der Waals surface area contributed by atoms with E-state index in [1.54, 1.807) is 0 Å². The molecule has 1 aliphatic rings. The third-order valence-electron chi connectivity index (χ3n) is 10.2. The van der Waals surface area contributed by atoms with Crippen molar-refractivity contribution in [1.82, 2.24) is 15.0 Å². The summed E-state index contributed by atoms with van der Waals surface area (Å²) in [6.07, 6.45) is 0. The molecule has 0 bridgehead atoms. The first kappa shape index (κ1) is 28.4. The van der Waals surface area contributed by atoms with Crippen molar-refractivity contribution >= 4 is 53.4 Å². The van der Waals surface area contributed by atoms with Crippen molar-refractivity contribution < 1.29 is 4.42 Å². The second kappa shape index (κ2) is 11.0. The second-order valence-corrected chi connectivity index (χ2v) is 14.2. The first-order valence-electron chi connectivity index (χ1n) is 17.1. The molecule has 0 N–H and O–H groups in total. The summed E-state index contributed by atoms with van der Waals surface area (Å²) in [6.45, 7) is 0. The van der Waals surface area contributed by atoms with Gasteiger partial charge in [0.05, 0.1) is 0 Å². The van der Waals surface area contributed by atoms with Crippen molar-refractivity contribution in [1.29, 1.82) is 0 Å². The Hall–Kier alpha value is -6.43. The Bertz CT molecular complexity index is 2920. The average molecular weight is 670 g/mol. The minimum absolute atomic E-state index is 0.0555. The molecule has 5 heteroatoms. The van der Waals surface area contributed by atoms with Crippen LogP contribution < -0.4 is 0 Å². The van der Waals surface area contributed by atoms with Crippen molar-refractivity contribution in [2.75, 3.05) is 0 Å². The van der Waals surface area contributed by atoms with Gasteiger partial charge in [-0.05, 0) is 34.9 Å². The van der Waals surface area contributed by atoms with Crippen LogP contribution >= 0.6 is 11.3 Å². The lowest BCUT2D eigenvalue weighted by Crippen LogP contribution is -2.00. The number of rotatable bonds is 4. The highest BCUT2D eigenvalue weighted by Gasteiger charge is 2.34. The number of furan rings is 1. The van der Waals surface area contributed by atoms with Gasteiger partial charge in [-0.25, -0.2) is 15.0 Å². The van der Waals surface area contributed by atoms with Gasteiger partial charge in [0.25, 0.3) is 0 Å². The predicted molar refractivity (Wildman–Crippen MR) is 209 cm³/mol. The molecule has 1 unspecified atom stereocenters. The topological polar surface area (TPSA) is 51.8 Å². The number of aromatic nitrogens is 3. The summed E-state index contributed by atoms with van der Waals surface area (Å²) in [7, 11) is 0. The molecule has 51 heavy (non-hydrogen) atoms. The van der Waals surface area contributed by atoms with E-state index in [0.29, 0.717) is 17.5 Å². The minimum atomic E-state index is 0.0555. The molecule has 0 amide bonds. The Morgan fingerprint density at radius 2 is 1.08 bits per heavy atom. The van der Waals surface area contributed by atoms with Crippen LogP contribution in [0.1, 0.15) is 22.6 Å². The van der Waals surface area contributed by atoms with Crippen LogP contribution in [0.3, 0.4) is 0 Å². The number of para-hydroxylation sites is 1. The summed E-state index contributed by atoms with van der Waals surface area (Å²) >= 11 is 1.89. The lowest BCUT2D eigenvalue weighted by atomic mass is 9.88. The molecule has 1 atom stereocenters. The highest BCUT2D eigenvalue weighted by Crippen LogP contribution is 2.54. The third-order valence-corrected chi connectivity index (χ3v) is 11.4. The molecule has 4 nitrogen and oxygen atoms in total. The number of nitrogens with zero attached hydrogens (tertiary/aromatic N) is 3. The fourth-order valence-corrected chi connectivity index (χ4v) is 9.20. The second-order valence-electron chi connectivity index (χ2n) is 13.1. The molecule has 0 spiro atoms. The molecular formula is C46H27N3OS. The van der Waals surface area contributed by atoms with Gasteiger partial charge in [0.1, 0.15) is 11.2 Å². The van der Waals surface area contributed by atoms with E-state index in [0.717, 1.165) is 38.6 Å². The summed E-state index contributed by atoms with van der Waals surface area (Å²) in [5.41, 5.74) is 11.0. The Balaban J connectivity index is 1.09. The van der Waals surface area contributed by atoms with Crippen LogP contribution in [0.15, 0.2) is 162 Å². The zero-order valence-corrected chi connectivity index (χ0v) is 28.1. The Morgan fingerprint density at radius 1 is 0.451 bits per heavy atom. The van der Waals surface area contributed by atoms with Gasteiger partial charge in [0.15, 0.2) is 17.5 Å². The molecule has 0 saturated carbocycles. The maximum absolute atomic E-state index is 6.88. The molecule has 0 saturated heterocycles. The zero-order valence-electron chi connectivity index (χ0n) is 27.2. The largest absolute Gasteiger partial charge is 0.456 e. The lowest BCUT2D eigenvalue weighted by Gasteiger charge is -2.15. The smallest absolute Gasteiger partial charge is 0.164 e. The highest BCUT2D eigenvalue weighted by molar-refractivity contribution is 7.26. The predicted octanol–water partition coefficient (Wildman–Crippen LogP) is 12.3. The number of hydrogen-bond acceptors (Lipinski definition) is 5. The van der Waals surface area contributed by atoms with Gasteiger partial charge in [0, 0.05) is 64.7 Å². The molecule has 1 aliphatic carbocycles. The maximum Gasteiger partial charge on any atom is 0.164 e. The minimum Gasteiger partial charge on any atom is -0.456 e. The summed E-state index contributed by atoms with van der Waals surface area (Å²) in [4.78, 5) is 14.8. The quantitative estimate of drug-likeness (QED) is 0.187. The SMILES string of the molecule is c1ccc(-c2nc(-c3ccccc3)nc(-c3ccc4c(c3)oc3c(C5c6ccccc6-c6c5ccc5c6sc6ccccc65)cccc34)n2)cc1. The molecule has 11 rings (SSSR count). The fourth-order valence-electron chi connectivity index (χ4n) is 7.93. The van der Waals surface area contributed by atoms with E-state index in [1.807, 2.05) is 72.0 Å². The average Bonchev–Trinajstić information content (AvgIpc) is 3.87. The number of hydrogen-bond donors (Lipinski definition) is 0. The standard InChI is InChI=1S/C46H27N3OS/c1-3-12-27(13-4-1)44-47-45(28-14-5-2-6-15-28)49-46(48-44)29-22-23-30-34-19-11-20-37(42(34)50-38(30)26-29)40-32-17-7-8-18-33(32)41-36(40)25-24-35-31-16-9-10-21-39(31)51-43(35)41/h1-26,40H. The molecule has 7 aromatic carbocycles. The van der Waals surface area contributed by atoms with Crippen LogP contribution in [0, 0.1) is 0 Å². The van der Waals surface area contributed by atoms with Gasteiger partial charge < -0.3 is 4.42 Å². The van der Waals surface area contributed by atoms with E-state index in [9.17, 15) is 0 Å². The van der Waals surface area contributed by atoms with Gasteiger partial charge in [-0.2, -0.15) is 0 Å². The molecule has 0 fully saturated rings. The van der Waals surface area contributed by atoms with Crippen LogP contribution in [0.5, 0.6) is 0 Å². The molecule has 0 aliphatic heterocycles. The van der Waals surface area contributed by atoms with Crippen LogP contribution in [0.4, 0.5) is 0 Å². The summed E-state index contributed by atoms with van der Waals surface area (Å²) < 4.78 is 9.56. The van der Waals surface area contributed by atoms with Gasteiger partial charge in [-0.15, -0.1) is 11.3 Å². The van der Waals surface area contributed by atoms with Crippen LogP contribution in [0.2, 0.25) is 0 Å². The molecule has 3 aromatic heterocycles. The van der Waals surface area contributed by atoms with Crippen LogP contribution in [-0.2, 0) is 0 Å². The first-order chi connectivity index (χ1) is 25.3. The monoisotopic (exact) mass is 669 g/mol. The Kier molecular flexibility index (Phi) is 6.15. The van der Waals surface area contributed by atoms with Gasteiger partial charge in [-0.3, -0.25) is 0 Å². The fraction of sp³-hybridized carbons (Fsp3) is 0.0217. The molecule has 3 heterocycles. The van der Waals surface area contributed by atoms with Gasteiger partial charge in [-0.1, -0.05) is 140 Å². The Morgan fingerprint density at radius 3 is 1.86 bits per heavy atom. The van der Waals surface area contributed by atoms with Crippen LogP contribution in [0.25, 0.3) is 87.4 Å². The van der Waals surface area contributed by atoms with Crippen molar-refractivity contribution in [3.05, 3.63) is 174 Å². The van der Waals surface area contributed by atoms with Crippen molar-refractivity contribution in [2.24, 2.45) is 0 Å². The molecule has 238 valence electrons. The van der Waals surface area contributed by atoms with E-state index in [2.05, 4.69) is 97.1 Å². The van der Waals surface area contributed by atoms with Gasteiger partial charge >= 0.3 is 0 Å². The van der Waals surface area contributed by atoms with Gasteiger partial charge in [0.2, 0.25) is 0 Å². The molecule has 0 radical (unpaired) electrons. The molecule has 10 aromatic rings. The normalized spacial score (nSPS) is 13.7. The number of fused-ring (bicyclic) bond motifs is 10. The maximum atomic E-state index is 6.88. The van der Waals surface area contributed by atoms with E-state index in [4.69, 9.17) is 19.4 Å². The van der Waals surface area contributed by atoms with E-state index in [1.165, 1.54) is 48.0 Å². The summed E-state index contributed by atoms with van der Waals surface area (Å²) in [5.74, 6) is 1.94. The van der Waals surface area contributed by atoms with Crippen molar-refractivity contribution in [3.63, 3.8) is 0 Å². The molecular weight excluding hydrogens is 643 g/mol. The van der Waals surface area contributed by atoms with Crippen molar-refractivity contribution in [3.8, 4) is 45.3 Å². The summed E-state index contributed by atoms with van der Waals surface area (Å²) in [5, 5.41) is 4.82. The summed E-state index contributed by atoms with van der Waals surface area (Å²) in [6, 6.07) is 55.3. The zero-order chi connectivity index (χ0) is 33.5. The van der Waals surface area contributed by atoms with E-state index < -0.39 is 0 Å². The van der Waals surface area contributed by atoms with E-state index in [-0.39, 0.29) is 5.92 Å². The van der Waals surface area contributed by atoms with Crippen LogP contribution in [-0.4, -0.2) is 15.0 Å². The Labute approximate surface area is 297 Å².